The van der Waals surface area contributed by atoms with Crippen molar-refractivity contribution in [3.8, 4) is 6.07 Å². The van der Waals surface area contributed by atoms with E-state index in [1.54, 1.807) is 31.3 Å². The van der Waals surface area contributed by atoms with Gasteiger partial charge in [-0.15, -0.1) is 0 Å². The van der Waals surface area contributed by atoms with Crippen LogP contribution in [0.25, 0.3) is 0 Å². The van der Waals surface area contributed by atoms with E-state index >= 15 is 0 Å². The predicted octanol–water partition coefficient (Wildman–Crippen LogP) is 1.55. The second-order valence-corrected chi connectivity index (χ2v) is 4.67. The van der Waals surface area contributed by atoms with Gasteiger partial charge in [0.05, 0.1) is 23.6 Å². The van der Waals surface area contributed by atoms with Crippen molar-refractivity contribution in [2.45, 2.75) is 18.9 Å². The van der Waals surface area contributed by atoms with Crippen LogP contribution in [0.5, 0.6) is 0 Å². The first-order valence-electron chi connectivity index (χ1n) is 6.03. The second-order valence-electron chi connectivity index (χ2n) is 4.67. The third kappa shape index (κ3) is 2.43. The molecule has 0 saturated carbocycles. The molecule has 98 valence electrons. The monoisotopic (exact) mass is 258 g/mol. The van der Waals surface area contributed by atoms with Gasteiger partial charge in [-0.05, 0) is 24.1 Å². The van der Waals surface area contributed by atoms with Gasteiger partial charge < -0.3 is 10.0 Å². The number of hydrogen-bond donors (Lipinski definition) is 1. The third-order valence-corrected chi connectivity index (χ3v) is 3.54. The highest BCUT2D eigenvalue weighted by Crippen LogP contribution is 2.36. The smallest absolute Gasteiger partial charge is 0.308 e. The first-order chi connectivity index (χ1) is 9.04. The largest absolute Gasteiger partial charge is 0.481 e. The Morgan fingerprint density at radius 2 is 2.26 bits per heavy atom. The summed E-state index contributed by atoms with van der Waals surface area (Å²) in [5.41, 5.74) is 1.16. The number of benzene rings is 1. The van der Waals surface area contributed by atoms with Crippen molar-refractivity contribution >= 4 is 11.9 Å². The Balaban J connectivity index is 2.44. The highest BCUT2D eigenvalue weighted by atomic mass is 16.4. The highest BCUT2D eigenvalue weighted by Gasteiger charge is 2.38. The van der Waals surface area contributed by atoms with Crippen molar-refractivity contribution in [1.82, 2.24) is 4.90 Å². The van der Waals surface area contributed by atoms with Crippen molar-refractivity contribution in [3.63, 3.8) is 0 Å². The summed E-state index contributed by atoms with van der Waals surface area (Å²) in [7, 11) is 1.61. The van der Waals surface area contributed by atoms with Crippen LogP contribution in [0.2, 0.25) is 0 Å². The van der Waals surface area contributed by atoms with E-state index in [1.165, 1.54) is 4.90 Å². The summed E-state index contributed by atoms with van der Waals surface area (Å²) in [6, 6.07) is 8.29. The van der Waals surface area contributed by atoms with Crippen LogP contribution in [-0.4, -0.2) is 28.9 Å². The Bertz CT molecular complexity index is 562. The SMILES string of the molecule is CN1C(=O)CCC(C(=O)O)C1c1cccc(C#N)c1. The quantitative estimate of drug-likeness (QED) is 0.872. The fourth-order valence-electron chi connectivity index (χ4n) is 2.54. The van der Waals surface area contributed by atoms with Crippen LogP contribution in [-0.2, 0) is 9.59 Å². The average Bonchev–Trinajstić information content (AvgIpc) is 2.41. The molecule has 1 aromatic carbocycles. The van der Waals surface area contributed by atoms with E-state index < -0.39 is 17.9 Å². The molecule has 5 nitrogen and oxygen atoms in total. The lowest BCUT2D eigenvalue weighted by atomic mass is 9.84. The van der Waals surface area contributed by atoms with Crippen molar-refractivity contribution in [1.29, 1.82) is 5.26 Å². The van der Waals surface area contributed by atoms with E-state index in [1.807, 2.05) is 6.07 Å². The zero-order valence-corrected chi connectivity index (χ0v) is 10.5. The van der Waals surface area contributed by atoms with Gasteiger partial charge in [-0.2, -0.15) is 5.26 Å². The van der Waals surface area contributed by atoms with Gasteiger partial charge >= 0.3 is 5.97 Å². The molecule has 1 aromatic rings. The number of carboxylic acids is 1. The molecule has 1 fully saturated rings. The maximum absolute atomic E-state index is 11.8. The summed E-state index contributed by atoms with van der Waals surface area (Å²) in [5, 5.41) is 18.2. The van der Waals surface area contributed by atoms with Gasteiger partial charge in [0.15, 0.2) is 0 Å². The van der Waals surface area contributed by atoms with Gasteiger partial charge in [-0.3, -0.25) is 9.59 Å². The molecule has 19 heavy (non-hydrogen) atoms. The topological polar surface area (TPSA) is 81.4 Å². The molecule has 0 bridgehead atoms. The number of nitrogens with zero attached hydrogens (tertiary/aromatic N) is 2. The summed E-state index contributed by atoms with van der Waals surface area (Å²) >= 11 is 0. The number of rotatable bonds is 2. The fourth-order valence-corrected chi connectivity index (χ4v) is 2.54. The molecule has 0 spiro atoms. The molecule has 0 radical (unpaired) electrons. The maximum Gasteiger partial charge on any atom is 0.308 e. The molecule has 1 amide bonds. The Labute approximate surface area is 111 Å². The Kier molecular flexibility index (Phi) is 3.52. The zero-order chi connectivity index (χ0) is 14.0. The van der Waals surface area contributed by atoms with E-state index in [0.29, 0.717) is 17.5 Å². The van der Waals surface area contributed by atoms with Crippen molar-refractivity contribution in [3.05, 3.63) is 35.4 Å². The lowest BCUT2D eigenvalue weighted by Crippen LogP contribution is -2.43. The van der Waals surface area contributed by atoms with Gasteiger partial charge in [0, 0.05) is 13.5 Å². The molecule has 5 heteroatoms. The standard InChI is InChI=1S/C14H14N2O3/c1-16-12(17)6-5-11(14(18)19)13(16)10-4-2-3-9(7-10)8-15/h2-4,7,11,13H,5-6H2,1H3,(H,18,19). The lowest BCUT2D eigenvalue weighted by Gasteiger charge is -2.37. The molecule has 1 N–H and O–H groups in total. The molecule has 0 aliphatic carbocycles. The molecule has 1 aliphatic heterocycles. The summed E-state index contributed by atoms with van der Waals surface area (Å²) in [6.07, 6.45) is 0.585. The van der Waals surface area contributed by atoms with E-state index in [2.05, 4.69) is 0 Å². The molecular formula is C14H14N2O3. The minimum atomic E-state index is -0.910. The Morgan fingerprint density at radius 1 is 1.53 bits per heavy atom. The zero-order valence-electron chi connectivity index (χ0n) is 10.5. The van der Waals surface area contributed by atoms with Crippen LogP contribution in [0, 0.1) is 17.2 Å². The van der Waals surface area contributed by atoms with Gasteiger partial charge in [0.1, 0.15) is 0 Å². The Morgan fingerprint density at radius 3 is 2.89 bits per heavy atom. The summed E-state index contributed by atoms with van der Waals surface area (Å²) in [5.74, 6) is -1.60. The van der Waals surface area contributed by atoms with Crippen LogP contribution >= 0.6 is 0 Å². The van der Waals surface area contributed by atoms with Crippen LogP contribution in [0.15, 0.2) is 24.3 Å². The predicted molar refractivity (Wildman–Crippen MR) is 67.0 cm³/mol. The molecule has 1 heterocycles. The molecule has 0 aromatic heterocycles. The van der Waals surface area contributed by atoms with E-state index in [-0.39, 0.29) is 12.3 Å². The fraction of sp³-hybridized carbons (Fsp3) is 0.357. The van der Waals surface area contributed by atoms with Gasteiger partial charge in [0.2, 0.25) is 5.91 Å². The van der Waals surface area contributed by atoms with E-state index in [9.17, 15) is 14.7 Å². The van der Waals surface area contributed by atoms with Crippen molar-refractivity contribution < 1.29 is 14.7 Å². The second kappa shape index (κ2) is 5.11. The summed E-state index contributed by atoms with van der Waals surface area (Å²) in [4.78, 5) is 24.6. The minimum absolute atomic E-state index is 0.0649. The summed E-state index contributed by atoms with van der Waals surface area (Å²) in [6.45, 7) is 0. The third-order valence-electron chi connectivity index (χ3n) is 3.54. The first kappa shape index (κ1) is 13.1. The number of carbonyl (C=O) groups is 2. The van der Waals surface area contributed by atoms with Crippen LogP contribution in [0.3, 0.4) is 0 Å². The Hall–Kier alpha value is -2.35. The first-order valence-corrected chi connectivity index (χ1v) is 6.03. The number of carbonyl (C=O) groups excluding carboxylic acids is 1. The minimum Gasteiger partial charge on any atom is -0.481 e. The highest BCUT2D eigenvalue weighted by molar-refractivity contribution is 5.81. The number of piperidine rings is 1. The molecular weight excluding hydrogens is 244 g/mol. The van der Waals surface area contributed by atoms with E-state index in [0.717, 1.165) is 0 Å². The number of hydrogen-bond acceptors (Lipinski definition) is 3. The normalized spacial score (nSPS) is 22.9. The van der Waals surface area contributed by atoms with Gasteiger partial charge in [-0.25, -0.2) is 0 Å². The van der Waals surface area contributed by atoms with Crippen LogP contribution in [0.1, 0.15) is 30.0 Å². The molecule has 2 rings (SSSR count). The van der Waals surface area contributed by atoms with E-state index in [4.69, 9.17) is 5.26 Å². The van der Waals surface area contributed by atoms with Gasteiger partial charge in [-0.1, -0.05) is 12.1 Å². The molecule has 2 atom stereocenters. The van der Waals surface area contributed by atoms with Crippen molar-refractivity contribution in [2.75, 3.05) is 7.05 Å². The molecule has 1 aliphatic rings. The lowest BCUT2D eigenvalue weighted by molar-refractivity contribution is -0.150. The number of aliphatic carboxylic acids is 1. The number of nitriles is 1. The molecule has 1 saturated heterocycles. The number of likely N-dealkylation sites (tertiary alicyclic amines) is 1. The molecule has 2 unspecified atom stereocenters. The average molecular weight is 258 g/mol. The maximum atomic E-state index is 11.8. The summed E-state index contributed by atoms with van der Waals surface area (Å²) < 4.78 is 0. The van der Waals surface area contributed by atoms with Crippen LogP contribution in [0.4, 0.5) is 0 Å². The number of carboxylic acid groups (broad SMARTS) is 1. The van der Waals surface area contributed by atoms with Crippen molar-refractivity contribution in [2.24, 2.45) is 5.92 Å². The van der Waals surface area contributed by atoms with Crippen LogP contribution < -0.4 is 0 Å². The number of amides is 1. The van der Waals surface area contributed by atoms with Gasteiger partial charge in [0.25, 0.3) is 0 Å².